The average molecular weight is 531 g/mol. The molecule has 0 aromatic carbocycles. The van der Waals surface area contributed by atoms with Crippen LogP contribution in [0.15, 0.2) is 0 Å². The lowest BCUT2D eigenvalue weighted by atomic mass is 10.2. The summed E-state index contributed by atoms with van der Waals surface area (Å²) in [5, 5.41) is 22.3. The molecule has 0 aromatic heterocycles. The molecule has 4 atom stereocenters. The van der Waals surface area contributed by atoms with E-state index in [1.807, 2.05) is 0 Å². The molecule has 0 radical (unpaired) electrons. The van der Waals surface area contributed by atoms with Crippen LogP contribution in [-0.2, 0) is 37.4 Å². The fourth-order valence-corrected chi connectivity index (χ4v) is 3.16. The van der Waals surface area contributed by atoms with Gasteiger partial charge in [0.1, 0.15) is 24.4 Å². The van der Waals surface area contributed by atoms with E-state index >= 15 is 0 Å². The van der Waals surface area contributed by atoms with Crippen LogP contribution in [0.3, 0.4) is 0 Å². The molecule has 0 rings (SSSR count). The minimum absolute atomic E-state index is 0.166. The van der Waals surface area contributed by atoms with E-state index < -0.39 is 69.3 Å². The molecule has 35 heavy (non-hydrogen) atoms. The third-order valence-corrected chi connectivity index (χ3v) is 4.81. The van der Waals surface area contributed by atoms with Gasteiger partial charge in [0.25, 0.3) is 0 Å². The number of rotatable bonds is 17. The molecule has 0 aliphatic rings. The first kappa shape index (κ1) is 33.8. The first-order chi connectivity index (χ1) is 15.9. The van der Waals surface area contributed by atoms with Crippen molar-refractivity contribution in [2.24, 2.45) is 5.73 Å². The fourth-order valence-electron chi connectivity index (χ4n) is 2.38. The van der Waals surface area contributed by atoms with Gasteiger partial charge in [-0.1, -0.05) is 6.42 Å². The molecule has 6 N–H and O–H groups in total. The van der Waals surface area contributed by atoms with Gasteiger partial charge < -0.3 is 35.1 Å². The van der Waals surface area contributed by atoms with Crippen LogP contribution in [0.2, 0.25) is 0 Å². The zero-order valence-corrected chi connectivity index (χ0v) is 22.4. The lowest BCUT2D eigenvalue weighted by molar-refractivity contribution is -0.194. The first-order valence-corrected chi connectivity index (χ1v) is 12.9. The van der Waals surface area contributed by atoms with Gasteiger partial charge in [-0.05, 0) is 60.9 Å². The summed E-state index contributed by atoms with van der Waals surface area (Å²) in [6, 6.07) is -1.39. The summed E-state index contributed by atoms with van der Waals surface area (Å²) >= 11 is 0. The van der Waals surface area contributed by atoms with Gasteiger partial charge in [0, 0.05) is 6.42 Å². The zero-order chi connectivity index (χ0) is 27.3. The molecular formula is C21H43N2O11P. The number of ether oxygens (including phenoxy) is 3. The van der Waals surface area contributed by atoms with E-state index in [0.29, 0.717) is 13.0 Å². The van der Waals surface area contributed by atoms with Gasteiger partial charge in [-0.2, -0.15) is 0 Å². The highest BCUT2D eigenvalue weighted by molar-refractivity contribution is 7.47. The van der Waals surface area contributed by atoms with Crippen molar-refractivity contribution in [1.82, 2.24) is 5.32 Å². The van der Waals surface area contributed by atoms with Crippen molar-refractivity contribution >= 4 is 19.8 Å². The molecule has 0 fully saturated rings. The average Bonchev–Trinajstić information content (AvgIpc) is 2.68. The maximum atomic E-state index is 12.5. The Bertz CT molecular complexity index is 679. The van der Waals surface area contributed by atoms with Crippen molar-refractivity contribution in [3.63, 3.8) is 0 Å². The van der Waals surface area contributed by atoms with E-state index in [9.17, 15) is 29.3 Å². The number of carbonyl (C=O) groups excluding carboxylic acids is 2. The van der Waals surface area contributed by atoms with Crippen molar-refractivity contribution < 1.29 is 52.5 Å². The third kappa shape index (κ3) is 19.7. The number of phosphoric ester groups is 1. The van der Waals surface area contributed by atoms with Gasteiger partial charge in [0.2, 0.25) is 6.41 Å². The van der Waals surface area contributed by atoms with Gasteiger partial charge in [-0.25, -0.2) is 4.57 Å². The molecule has 3 unspecified atom stereocenters. The number of hydrogen-bond acceptors (Lipinski definition) is 12. The van der Waals surface area contributed by atoms with Crippen LogP contribution in [0.5, 0.6) is 0 Å². The number of carbonyl (C=O) groups is 2. The van der Waals surface area contributed by atoms with Crippen LogP contribution in [-0.4, -0.2) is 83.2 Å². The number of esters is 2. The molecule has 208 valence electrons. The molecule has 0 spiro atoms. The summed E-state index contributed by atoms with van der Waals surface area (Å²) in [4.78, 5) is 34.0. The Morgan fingerprint density at radius 3 is 2.09 bits per heavy atom. The molecule has 0 heterocycles. The maximum absolute atomic E-state index is 12.5. The number of hydrogen-bond donors (Lipinski definition) is 5. The van der Waals surface area contributed by atoms with Crippen LogP contribution in [0.1, 0.15) is 67.2 Å². The second-order valence-electron chi connectivity index (χ2n) is 9.83. The van der Waals surface area contributed by atoms with Crippen molar-refractivity contribution in [3.05, 3.63) is 0 Å². The van der Waals surface area contributed by atoms with Crippen LogP contribution < -0.4 is 11.1 Å². The maximum Gasteiger partial charge on any atom is 0.472 e. The monoisotopic (exact) mass is 530 g/mol. The van der Waals surface area contributed by atoms with Gasteiger partial charge >= 0.3 is 19.8 Å². The smallest absolute Gasteiger partial charge is 0.463 e. The normalized spacial score (nSPS) is 16.7. The quantitative estimate of drug-likeness (QED) is 0.0771. The number of aliphatic hydroxyl groups is 2. The van der Waals surface area contributed by atoms with E-state index in [1.54, 1.807) is 41.5 Å². The van der Waals surface area contributed by atoms with Gasteiger partial charge in [0.15, 0.2) is 0 Å². The molecular weight excluding hydrogens is 487 g/mol. The van der Waals surface area contributed by atoms with Crippen molar-refractivity contribution in [3.8, 4) is 0 Å². The standard InChI is InChI=1S/C21H43N2O11P/c1-20(2,3)33-18(26)16(23-19(27)34-21(4,5)6)14-32-35(28,29)31-13-15(24)12-30-17(25)10-8-7-9-11-22/h15-16,19,23-24,27H,7-14,22H2,1-6H3,(H,28,29)/t15-,16?,19?/m1/s1. The van der Waals surface area contributed by atoms with E-state index in [2.05, 4.69) is 5.32 Å². The second kappa shape index (κ2) is 15.9. The van der Waals surface area contributed by atoms with Crippen molar-refractivity contribution in [2.45, 2.75) is 97.0 Å². The number of phosphoric acid groups is 1. The van der Waals surface area contributed by atoms with Gasteiger partial charge in [0.05, 0.1) is 18.8 Å². The third-order valence-electron chi connectivity index (χ3n) is 3.86. The Morgan fingerprint density at radius 1 is 0.943 bits per heavy atom. The summed E-state index contributed by atoms with van der Waals surface area (Å²) in [5.41, 5.74) is 3.74. The molecule has 0 aliphatic carbocycles. The molecule has 0 bridgehead atoms. The highest BCUT2D eigenvalue weighted by atomic mass is 31.2. The number of nitrogens with one attached hydrogen (secondary N) is 1. The van der Waals surface area contributed by atoms with Crippen LogP contribution in [0, 0.1) is 0 Å². The molecule has 0 saturated heterocycles. The molecule has 13 nitrogen and oxygen atoms in total. The Kier molecular flexibility index (Phi) is 15.3. The first-order valence-electron chi connectivity index (χ1n) is 11.4. The lowest BCUT2D eigenvalue weighted by Crippen LogP contribution is -2.51. The summed E-state index contributed by atoms with van der Waals surface area (Å²) in [7, 11) is -4.73. The Balaban J connectivity index is 4.73. The van der Waals surface area contributed by atoms with Crippen molar-refractivity contribution in [1.29, 1.82) is 0 Å². The number of aliphatic hydroxyl groups excluding tert-OH is 2. The summed E-state index contributed by atoms with van der Waals surface area (Å²) in [5.74, 6) is -1.39. The van der Waals surface area contributed by atoms with Crippen LogP contribution >= 0.6 is 7.82 Å². The molecule has 0 aromatic rings. The fraction of sp³-hybridized carbons (Fsp3) is 0.905. The topological polar surface area (TPSA) is 196 Å². The number of unbranched alkanes of at least 4 members (excludes halogenated alkanes) is 2. The Labute approximate surface area is 207 Å². The molecule has 0 amide bonds. The largest absolute Gasteiger partial charge is 0.472 e. The lowest BCUT2D eigenvalue weighted by Gasteiger charge is -2.29. The second-order valence-corrected chi connectivity index (χ2v) is 11.3. The summed E-state index contributed by atoms with van der Waals surface area (Å²) in [6.45, 7) is 8.61. The predicted molar refractivity (Wildman–Crippen MR) is 126 cm³/mol. The highest BCUT2D eigenvalue weighted by Crippen LogP contribution is 2.43. The SMILES string of the molecule is CC(C)(C)OC(=O)C(COP(=O)(O)OC[C@H](O)COC(=O)CCCCCN)NC(O)OC(C)(C)C. The molecule has 0 aliphatic heterocycles. The van der Waals surface area contributed by atoms with E-state index in [1.165, 1.54) is 0 Å². The minimum atomic E-state index is -4.73. The van der Waals surface area contributed by atoms with E-state index in [4.69, 9.17) is 29.0 Å². The van der Waals surface area contributed by atoms with Gasteiger partial charge in [-0.15, -0.1) is 0 Å². The predicted octanol–water partition coefficient (Wildman–Crippen LogP) is 0.934. The van der Waals surface area contributed by atoms with E-state index in [-0.39, 0.29) is 6.42 Å². The minimum Gasteiger partial charge on any atom is -0.463 e. The van der Waals surface area contributed by atoms with Crippen LogP contribution in [0.4, 0.5) is 0 Å². The zero-order valence-electron chi connectivity index (χ0n) is 21.5. The highest BCUT2D eigenvalue weighted by Gasteiger charge is 2.32. The van der Waals surface area contributed by atoms with E-state index in [0.717, 1.165) is 12.8 Å². The molecule has 0 saturated carbocycles. The summed E-state index contributed by atoms with van der Waals surface area (Å²) in [6.07, 6.45) is -0.650. The van der Waals surface area contributed by atoms with Crippen LogP contribution in [0.25, 0.3) is 0 Å². The Morgan fingerprint density at radius 2 is 1.54 bits per heavy atom. The summed E-state index contributed by atoms with van der Waals surface area (Å²) < 4.78 is 37.1. The van der Waals surface area contributed by atoms with Gasteiger partial charge in [-0.3, -0.25) is 24.0 Å². The number of nitrogens with two attached hydrogens (primary N) is 1. The molecule has 14 heteroatoms. The Hall–Kier alpha value is -1.15. The van der Waals surface area contributed by atoms with Crippen molar-refractivity contribution in [2.75, 3.05) is 26.4 Å².